The maximum Gasteiger partial charge on any atom is 0.219 e. The Labute approximate surface area is 105 Å². The minimum absolute atomic E-state index is 0.0777. The number of hydrogen-bond acceptors (Lipinski definition) is 4. The van der Waals surface area contributed by atoms with Gasteiger partial charge in [-0.25, -0.2) is 4.39 Å². The van der Waals surface area contributed by atoms with E-state index in [0.29, 0.717) is 31.9 Å². The number of carbonyl (C=O) groups excluding carboxylic acids is 1. The van der Waals surface area contributed by atoms with Crippen molar-refractivity contribution in [3.05, 3.63) is 24.3 Å². The highest BCUT2D eigenvalue weighted by Crippen LogP contribution is 2.19. The number of carbonyl (C=O) groups is 1. The van der Waals surface area contributed by atoms with Crippen molar-refractivity contribution < 1.29 is 14.3 Å². The van der Waals surface area contributed by atoms with Crippen molar-refractivity contribution in [3.63, 3.8) is 0 Å². The molecule has 1 aliphatic rings. The van der Waals surface area contributed by atoms with Gasteiger partial charge in [0.15, 0.2) is 5.82 Å². The van der Waals surface area contributed by atoms with Gasteiger partial charge in [0.1, 0.15) is 0 Å². The lowest BCUT2D eigenvalue weighted by atomic mass is 10.3. The van der Waals surface area contributed by atoms with Crippen molar-refractivity contribution in [3.8, 4) is 0 Å². The van der Waals surface area contributed by atoms with E-state index in [1.807, 2.05) is 0 Å². The van der Waals surface area contributed by atoms with Crippen LogP contribution in [0.25, 0.3) is 0 Å². The van der Waals surface area contributed by atoms with Crippen molar-refractivity contribution in [1.29, 1.82) is 0 Å². The molecule has 1 aromatic rings. The molecular weight excluding hydrogens is 237 g/mol. The summed E-state index contributed by atoms with van der Waals surface area (Å²) in [5, 5.41) is 9.86. The number of hydrogen-bond donors (Lipinski definition) is 1. The molecule has 0 bridgehead atoms. The van der Waals surface area contributed by atoms with Crippen molar-refractivity contribution in [2.75, 3.05) is 31.1 Å². The van der Waals surface area contributed by atoms with Crippen LogP contribution < -0.4 is 4.90 Å². The fourth-order valence-electron chi connectivity index (χ4n) is 2.12. The van der Waals surface area contributed by atoms with Crippen LogP contribution in [0.1, 0.15) is 6.92 Å². The monoisotopic (exact) mass is 253 g/mol. The molecule has 0 radical (unpaired) electrons. The molecule has 0 unspecified atom stereocenters. The average Bonchev–Trinajstić information content (AvgIpc) is 2.51. The Kier molecular flexibility index (Phi) is 3.76. The van der Waals surface area contributed by atoms with Gasteiger partial charge in [-0.15, -0.1) is 0 Å². The van der Waals surface area contributed by atoms with Crippen molar-refractivity contribution in [1.82, 2.24) is 9.88 Å². The molecule has 1 atom stereocenters. The highest BCUT2D eigenvalue weighted by molar-refractivity contribution is 5.73. The number of β-amino-alcohol motifs (C(OH)–C–C–N with tert-alkyl or cyclic N) is 1. The standard InChI is InChI=1S/C12H16FN3O2/c1-9(17)15-4-5-16(8-10(18)7-15)12-2-3-14-6-11(12)13/h2-3,6,10,18H,4-5,7-8H2,1H3/t10-/m1/s1. The minimum Gasteiger partial charge on any atom is -0.389 e. The van der Waals surface area contributed by atoms with E-state index in [1.165, 1.54) is 13.1 Å². The molecule has 0 aromatic carbocycles. The van der Waals surface area contributed by atoms with Crippen LogP contribution in [0.15, 0.2) is 18.5 Å². The molecular formula is C12H16FN3O2. The topological polar surface area (TPSA) is 56.7 Å². The number of pyridine rings is 1. The van der Waals surface area contributed by atoms with Gasteiger partial charge in [-0.2, -0.15) is 0 Å². The molecule has 0 spiro atoms. The van der Waals surface area contributed by atoms with Gasteiger partial charge < -0.3 is 14.9 Å². The molecule has 2 rings (SSSR count). The summed E-state index contributed by atoms with van der Waals surface area (Å²) in [4.78, 5) is 18.3. The zero-order valence-electron chi connectivity index (χ0n) is 10.2. The van der Waals surface area contributed by atoms with Crippen LogP contribution in [-0.4, -0.2) is 53.2 Å². The van der Waals surface area contributed by atoms with Crippen molar-refractivity contribution in [2.45, 2.75) is 13.0 Å². The molecule has 18 heavy (non-hydrogen) atoms. The Morgan fingerprint density at radius 3 is 2.94 bits per heavy atom. The summed E-state index contributed by atoms with van der Waals surface area (Å²) in [6.45, 7) is 3.05. The summed E-state index contributed by atoms with van der Waals surface area (Å²) < 4.78 is 13.6. The third-order valence-corrected chi connectivity index (χ3v) is 3.04. The van der Waals surface area contributed by atoms with Crippen LogP contribution in [0, 0.1) is 5.82 Å². The Morgan fingerprint density at radius 1 is 1.50 bits per heavy atom. The lowest BCUT2D eigenvalue weighted by molar-refractivity contribution is -0.129. The summed E-state index contributed by atoms with van der Waals surface area (Å²) in [6, 6.07) is 1.57. The number of aromatic nitrogens is 1. The van der Waals surface area contributed by atoms with E-state index in [0.717, 1.165) is 6.20 Å². The number of nitrogens with zero attached hydrogens (tertiary/aromatic N) is 3. The smallest absolute Gasteiger partial charge is 0.219 e. The van der Waals surface area contributed by atoms with Gasteiger partial charge in [-0.3, -0.25) is 9.78 Å². The van der Waals surface area contributed by atoms with Crippen LogP contribution in [0.2, 0.25) is 0 Å². The maximum absolute atomic E-state index is 13.6. The van der Waals surface area contributed by atoms with E-state index in [2.05, 4.69) is 4.98 Å². The largest absolute Gasteiger partial charge is 0.389 e. The molecule has 1 aliphatic heterocycles. The zero-order valence-corrected chi connectivity index (χ0v) is 10.2. The molecule has 1 saturated heterocycles. The van der Waals surface area contributed by atoms with Gasteiger partial charge in [-0.1, -0.05) is 0 Å². The molecule has 98 valence electrons. The number of anilines is 1. The Balaban J connectivity index is 2.16. The van der Waals surface area contributed by atoms with Crippen molar-refractivity contribution in [2.24, 2.45) is 0 Å². The molecule has 1 amide bonds. The second-order valence-corrected chi connectivity index (χ2v) is 4.39. The van der Waals surface area contributed by atoms with Gasteiger partial charge in [0.25, 0.3) is 0 Å². The maximum atomic E-state index is 13.6. The Morgan fingerprint density at radius 2 is 2.28 bits per heavy atom. The molecule has 5 nitrogen and oxygen atoms in total. The van der Waals surface area contributed by atoms with Crippen LogP contribution in [-0.2, 0) is 4.79 Å². The summed E-state index contributed by atoms with van der Waals surface area (Å²) in [7, 11) is 0. The summed E-state index contributed by atoms with van der Waals surface area (Å²) in [5.74, 6) is -0.493. The van der Waals surface area contributed by atoms with Crippen LogP contribution in [0.3, 0.4) is 0 Å². The fourth-order valence-corrected chi connectivity index (χ4v) is 2.12. The third-order valence-electron chi connectivity index (χ3n) is 3.04. The highest BCUT2D eigenvalue weighted by atomic mass is 19.1. The normalized spacial score (nSPS) is 20.7. The lowest BCUT2D eigenvalue weighted by Crippen LogP contribution is -2.36. The van der Waals surface area contributed by atoms with Gasteiger partial charge in [-0.05, 0) is 6.07 Å². The van der Waals surface area contributed by atoms with Crippen LogP contribution in [0.4, 0.5) is 10.1 Å². The first kappa shape index (κ1) is 12.8. The van der Waals surface area contributed by atoms with Gasteiger partial charge >= 0.3 is 0 Å². The Bertz CT molecular complexity index is 441. The van der Waals surface area contributed by atoms with Crippen LogP contribution >= 0.6 is 0 Å². The quantitative estimate of drug-likeness (QED) is 0.779. The summed E-state index contributed by atoms with van der Waals surface area (Å²) in [5.41, 5.74) is 0.412. The second-order valence-electron chi connectivity index (χ2n) is 4.39. The second kappa shape index (κ2) is 5.30. The number of amides is 1. The van der Waals surface area contributed by atoms with E-state index >= 15 is 0 Å². The molecule has 1 fully saturated rings. The molecule has 6 heteroatoms. The van der Waals surface area contributed by atoms with E-state index in [1.54, 1.807) is 15.9 Å². The van der Waals surface area contributed by atoms with E-state index in [4.69, 9.17) is 0 Å². The summed E-state index contributed by atoms with van der Waals surface area (Å²) in [6.07, 6.45) is 1.98. The summed E-state index contributed by atoms with van der Waals surface area (Å²) >= 11 is 0. The molecule has 0 aliphatic carbocycles. The zero-order chi connectivity index (χ0) is 13.1. The van der Waals surface area contributed by atoms with E-state index < -0.39 is 11.9 Å². The minimum atomic E-state index is -0.677. The third kappa shape index (κ3) is 2.76. The molecule has 0 saturated carbocycles. The number of halogens is 1. The average molecular weight is 253 g/mol. The first-order chi connectivity index (χ1) is 8.58. The van der Waals surface area contributed by atoms with Gasteiger partial charge in [0, 0.05) is 39.3 Å². The first-order valence-corrected chi connectivity index (χ1v) is 5.86. The van der Waals surface area contributed by atoms with E-state index in [9.17, 15) is 14.3 Å². The molecule has 2 heterocycles. The molecule has 1 aromatic heterocycles. The van der Waals surface area contributed by atoms with E-state index in [-0.39, 0.29) is 5.91 Å². The number of rotatable bonds is 1. The van der Waals surface area contributed by atoms with Gasteiger partial charge in [0.2, 0.25) is 5.91 Å². The first-order valence-electron chi connectivity index (χ1n) is 5.86. The Hall–Kier alpha value is -1.69. The SMILES string of the molecule is CC(=O)N1CCN(c2ccncc2F)C[C@H](O)C1. The number of aliphatic hydroxyl groups excluding tert-OH is 1. The fraction of sp³-hybridized carbons (Fsp3) is 0.500. The molecule has 1 N–H and O–H groups in total. The van der Waals surface area contributed by atoms with Gasteiger partial charge in [0.05, 0.1) is 18.0 Å². The highest BCUT2D eigenvalue weighted by Gasteiger charge is 2.24. The van der Waals surface area contributed by atoms with Crippen LogP contribution in [0.5, 0.6) is 0 Å². The predicted molar refractivity (Wildman–Crippen MR) is 64.7 cm³/mol. The number of aliphatic hydroxyl groups is 1. The predicted octanol–water partition coefficient (Wildman–Crippen LogP) is 0.250. The van der Waals surface area contributed by atoms with Crippen molar-refractivity contribution >= 4 is 11.6 Å². The lowest BCUT2D eigenvalue weighted by Gasteiger charge is -2.23.